The molecule has 2 aromatic carbocycles. The minimum atomic E-state index is -0.670. The summed E-state index contributed by atoms with van der Waals surface area (Å²) in [4.78, 5) is 23.9. The molecule has 1 atom stereocenters. The van der Waals surface area contributed by atoms with Gasteiger partial charge >= 0.3 is 0 Å². The first-order valence-corrected chi connectivity index (χ1v) is 8.03. The molecule has 0 fully saturated rings. The number of benzene rings is 2. The molecular formula is C19H22N2O4. The molecule has 6 heteroatoms. The van der Waals surface area contributed by atoms with Gasteiger partial charge in [0.2, 0.25) is 0 Å². The minimum Gasteiger partial charge on any atom is -0.497 e. The van der Waals surface area contributed by atoms with Gasteiger partial charge in [-0.25, -0.2) is 0 Å². The van der Waals surface area contributed by atoms with Gasteiger partial charge in [-0.05, 0) is 62.4 Å². The van der Waals surface area contributed by atoms with Crippen LogP contribution in [0, 0.1) is 0 Å². The summed E-state index contributed by atoms with van der Waals surface area (Å²) < 4.78 is 10.7. The van der Waals surface area contributed by atoms with Crippen LogP contribution in [0.1, 0.15) is 24.2 Å². The van der Waals surface area contributed by atoms with Gasteiger partial charge in [-0.15, -0.1) is 0 Å². The summed E-state index contributed by atoms with van der Waals surface area (Å²) in [6.45, 7) is 4.09. The van der Waals surface area contributed by atoms with E-state index in [2.05, 4.69) is 10.6 Å². The average Bonchev–Trinajstić information content (AvgIpc) is 2.63. The molecule has 0 bridgehead atoms. The van der Waals surface area contributed by atoms with Gasteiger partial charge in [0.05, 0.1) is 7.11 Å². The maximum Gasteiger partial charge on any atom is 0.265 e. The molecule has 0 radical (unpaired) electrons. The van der Waals surface area contributed by atoms with Crippen molar-refractivity contribution in [2.45, 2.75) is 20.0 Å². The van der Waals surface area contributed by atoms with E-state index in [4.69, 9.17) is 9.47 Å². The van der Waals surface area contributed by atoms with Crippen molar-refractivity contribution >= 4 is 17.5 Å². The lowest BCUT2D eigenvalue weighted by atomic mass is 10.2. The van der Waals surface area contributed by atoms with Crippen molar-refractivity contribution in [3.05, 3.63) is 54.1 Å². The van der Waals surface area contributed by atoms with Gasteiger partial charge in [-0.3, -0.25) is 9.59 Å². The molecule has 0 heterocycles. The van der Waals surface area contributed by atoms with E-state index in [0.29, 0.717) is 23.5 Å². The lowest BCUT2D eigenvalue weighted by Gasteiger charge is -2.15. The number of nitrogens with one attached hydrogen (secondary N) is 2. The number of amides is 2. The monoisotopic (exact) mass is 342 g/mol. The Balaban J connectivity index is 1.92. The van der Waals surface area contributed by atoms with Gasteiger partial charge in [-0.1, -0.05) is 0 Å². The maximum absolute atomic E-state index is 12.2. The number of methoxy groups -OCH3 is 1. The molecule has 0 aromatic heterocycles. The quantitative estimate of drug-likeness (QED) is 0.811. The average molecular weight is 342 g/mol. The summed E-state index contributed by atoms with van der Waals surface area (Å²) in [6.07, 6.45) is -0.670. The highest BCUT2D eigenvalue weighted by Gasteiger charge is 2.15. The number of rotatable bonds is 7. The van der Waals surface area contributed by atoms with Crippen LogP contribution in [0.4, 0.5) is 5.69 Å². The van der Waals surface area contributed by atoms with Crippen LogP contribution in [0.5, 0.6) is 11.5 Å². The zero-order chi connectivity index (χ0) is 18.2. The maximum atomic E-state index is 12.2. The minimum absolute atomic E-state index is 0.142. The molecule has 0 saturated carbocycles. The molecule has 0 aliphatic heterocycles. The van der Waals surface area contributed by atoms with Crippen LogP contribution in [-0.4, -0.2) is 31.6 Å². The lowest BCUT2D eigenvalue weighted by molar-refractivity contribution is -0.122. The van der Waals surface area contributed by atoms with Crippen molar-refractivity contribution in [2.24, 2.45) is 0 Å². The smallest absolute Gasteiger partial charge is 0.265 e. The van der Waals surface area contributed by atoms with Crippen LogP contribution < -0.4 is 20.1 Å². The Kier molecular flexibility index (Phi) is 6.39. The first-order valence-electron chi connectivity index (χ1n) is 8.03. The van der Waals surface area contributed by atoms with Crippen molar-refractivity contribution in [3.63, 3.8) is 0 Å². The van der Waals surface area contributed by atoms with Crippen LogP contribution in [-0.2, 0) is 4.79 Å². The molecule has 6 nitrogen and oxygen atoms in total. The summed E-state index contributed by atoms with van der Waals surface area (Å²) >= 11 is 0. The van der Waals surface area contributed by atoms with Gasteiger partial charge in [-0.2, -0.15) is 0 Å². The van der Waals surface area contributed by atoms with Gasteiger partial charge < -0.3 is 20.1 Å². The number of carbonyl (C=O) groups is 2. The number of hydrogen-bond acceptors (Lipinski definition) is 4. The van der Waals surface area contributed by atoms with Crippen molar-refractivity contribution < 1.29 is 19.1 Å². The highest BCUT2D eigenvalue weighted by Crippen LogP contribution is 2.18. The molecule has 0 saturated heterocycles. The Morgan fingerprint density at radius 2 is 1.60 bits per heavy atom. The van der Waals surface area contributed by atoms with E-state index in [1.54, 1.807) is 62.6 Å². The van der Waals surface area contributed by atoms with E-state index in [9.17, 15) is 9.59 Å². The summed E-state index contributed by atoms with van der Waals surface area (Å²) in [5.74, 6) is 0.879. The molecule has 0 spiro atoms. The van der Waals surface area contributed by atoms with Crippen LogP contribution >= 0.6 is 0 Å². The predicted octanol–water partition coefficient (Wildman–Crippen LogP) is 2.85. The molecule has 25 heavy (non-hydrogen) atoms. The van der Waals surface area contributed by atoms with E-state index in [0.717, 1.165) is 5.75 Å². The third-order valence-electron chi connectivity index (χ3n) is 3.49. The predicted molar refractivity (Wildman–Crippen MR) is 96.2 cm³/mol. The molecular weight excluding hydrogens is 320 g/mol. The van der Waals surface area contributed by atoms with E-state index in [-0.39, 0.29) is 11.8 Å². The van der Waals surface area contributed by atoms with Gasteiger partial charge in [0.25, 0.3) is 11.8 Å². The van der Waals surface area contributed by atoms with Crippen molar-refractivity contribution in [1.29, 1.82) is 0 Å². The van der Waals surface area contributed by atoms with Crippen LogP contribution in [0.15, 0.2) is 48.5 Å². The Morgan fingerprint density at radius 1 is 1.00 bits per heavy atom. The van der Waals surface area contributed by atoms with Crippen molar-refractivity contribution in [2.75, 3.05) is 19.0 Å². The van der Waals surface area contributed by atoms with Crippen molar-refractivity contribution in [3.8, 4) is 11.5 Å². The summed E-state index contributed by atoms with van der Waals surface area (Å²) in [5.41, 5.74) is 1.14. The van der Waals surface area contributed by atoms with Crippen LogP contribution in [0.2, 0.25) is 0 Å². The highest BCUT2D eigenvalue weighted by molar-refractivity contribution is 5.96. The Hall–Kier alpha value is -3.02. The van der Waals surface area contributed by atoms with Gasteiger partial charge in [0.1, 0.15) is 11.5 Å². The molecule has 0 aliphatic rings. The summed E-state index contributed by atoms with van der Waals surface area (Å²) in [6, 6.07) is 13.7. The number of ether oxygens (including phenoxy) is 2. The SMILES string of the molecule is CCNC(=O)c1ccc(NC(=O)C(C)Oc2ccc(OC)cc2)cc1. The zero-order valence-corrected chi connectivity index (χ0v) is 14.5. The fraction of sp³-hybridized carbons (Fsp3) is 0.263. The molecule has 0 aliphatic carbocycles. The Labute approximate surface area is 147 Å². The molecule has 2 rings (SSSR count). The largest absolute Gasteiger partial charge is 0.497 e. The second-order valence-electron chi connectivity index (χ2n) is 5.36. The molecule has 2 amide bonds. The topological polar surface area (TPSA) is 76.7 Å². The van der Waals surface area contributed by atoms with Crippen LogP contribution in [0.25, 0.3) is 0 Å². The van der Waals surface area contributed by atoms with Crippen LogP contribution in [0.3, 0.4) is 0 Å². The number of anilines is 1. The zero-order valence-electron chi connectivity index (χ0n) is 14.5. The summed E-state index contributed by atoms with van der Waals surface area (Å²) in [7, 11) is 1.59. The fourth-order valence-corrected chi connectivity index (χ4v) is 2.12. The van der Waals surface area contributed by atoms with E-state index < -0.39 is 6.10 Å². The standard InChI is InChI=1S/C19H22N2O4/c1-4-20-19(23)14-5-7-15(8-6-14)21-18(22)13(2)25-17-11-9-16(24-3)10-12-17/h5-13H,4H2,1-3H3,(H,20,23)(H,21,22). The van der Waals surface area contributed by atoms with Crippen molar-refractivity contribution in [1.82, 2.24) is 5.32 Å². The second kappa shape index (κ2) is 8.73. The number of hydrogen-bond donors (Lipinski definition) is 2. The summed E-state index contributed by atoms with van der Waals surface area (Å²) in [5, 5.41) is 5.48. The highest BCUT2D eigenvalue weighted by atomic mass is 16.5. The normalized spacial score (nSPS) is 11.3. The Morgan fingerprint density at radius 3 is 2.16 bits per heavy atom. The van der Waals surface area contributed by atoms with E-state index in [1.165, 1.54) is 0 Å². The lowest BCUT2D eigenvalue weighted by Crippen LogP contribution is -2.30. The molecule has 2 N–H and O–H groups in total. The fourth-order valence-electron chi connectivity index (χ4n) is 2.12. The van der Waals surface area contributed by atoms with E-state index in [1.807, 2.05) is 6.92 Å². The molecule has 132 valence electrons. The molecule has 2 aromatic rings. The first-order chi connectivity index (χ1) is 12.0. The van der Waals surface area contributed by atoms with Gasteiger partial charge in [0.15, 0.2) is 6.10 Å². The number of carbonyl (C=O) groups excluding carboxylic acids is 2. The third-order valence-corrected chi connectivity index (χ3v) is 3.49. The molecule has 1 unspecified atom stereocenters. The third kappa shape index (κ3) is 5.24. The van der Waals surface area contributed by atoms with E-state index >= 15 is 0 Å². The van der Waals surface area contributed by atoms with Gasteiger partial charge in [0, 0.05) is 17.8 Å². The second-order valence-corrected chi connectivity index (χ2v) is 5.36. The first kappa shape index (κ1) is 18.3. The Bertz CT molecular complexity index is 711.